The molecule has 2 heterocycles. The minimum atomic E-state index is -3.70. The number of methoxy groups -OCH3 is 1. The molecule has 0 amide bonds. The first-order valence-corrected chi connectivity index (χ1v) is 12.6. The summed E-state index contributed by atoms with van der Waals surface area (Å²) in [7, 11) is -2.09. The lowest BCUT2D eigenvalue weighted by atomic mass is 9.92. The molecule has 7 nitrogen and oxygen atoms in total. The van der Waals surface area contributed by atoms with Crippen LogP contribution in [0, 0.1) is 19.3 Å². The topological polar surface area (TPSA) is 74.3 Å². The molecule has 3 aromatic carbocycles. The highest BCUT2D eigenvalue weighted by atomic mass is 32.2. The molecule has 1 saturated heterocycles. The monoisotopic (exact) mass is 491 g/mol. The lowest BCUT2D eigenvalue weighted by molar-refractivity contribution is -0.0464. The molecule has 0 aliphatic carbocycles. The molecule has 5 rings (SSSR count). The van der Waals surface area contributed by atoms with Gasteiger partial charge in [0.1, 0.15) is 5.75 Å². The van der Waals surface area contributed by atoms with Crippen molar-refractivity contribution in [1.82, 2.24) is 4.31 Å². The Kier molecular flexibility index (Phi) is 5.93. The summed E-state index contributed by atoms with van der Waals surface area (Å²) in [4.78, 5) is 0.145. The first kappa shape index (κ1) is 23.2. The Hall–Kier alpha value is -3.51. The molecule has 2 aliphatic rings. The molecular formula is C27H25NO6S. The molecular weight excluding hydrogens is 466 g/mol. The van der Waals surface area contributed by atoms with E-state index in [0.29, 0.717) is 43.6 Å². The Morgan fingerprint density at radius 2 is 1.69 bits per heavy atom. The lowest BCUT2D eigenvalue weighted by Crippen LogP contribution is -2.40. The molecule has 1 fully saturated rings. The molecule has 2 aliphatic heterocycles. The summed E-state index contributed by atoms with van der Waals surface area (Å²) < 4.78 is 51.5. The van der Waals surface area contributed by atoms with Crippen molar-refractivity contribution in [3.05, 3.63) is 82.9 Å². The smallest absolute Gasteiger partial charge is 0.305 e. The number of aryl methyl sites for hydroxylation is 1. The zero-order chi connectivity index (χ0) is 24.6. The third-order valence-electron chi connectivity index (χ3n) is 6.25. The Balaban J connectivity index is 1.59. The van der Waals surface area contributed by atoms with Crippen LogP contribution in [0.1, 0.15) is 22.3 Å². The molecule has 3 aromatic rings. The summed E-state index contributed by atoms with van der Waals surface area (Å²) in [6.07, 6.45) is 5.55. The normalized spacial score (nSPS) is 19.8. The van der Waals surface area contributed by atoms with Gasteiger partial charge >= 0.3 is 5.79 Å². The second kappa shape index (κ2) is 8.93. The lowest BCUT2D eigenvalue weighted by Gasteiger charge is -2.30. The van der Waals surface area contributed by atoms with Gasteiger partial charge < -0.3 is 18.9 Å². The van der Waals surface area contributed by atoms with E-state index in [1.54, 1.807) is 19.2 Å². The Morgan fingerprint density at radius 1 is 0.971 bits per heavy atom. The Morgan fingerprint density at radius 3 is 2.34 bits per heavy atom. The van der Waals surface area contributed by atoms with Crippen molar-refractivity contribution in [3.8, 4) is 29.6 Å². The van der Waals surface area contributed by atoms with Crippen LogP contribution in [-0.4, -0.2) is 46.1 Å². The van der Waals surface area contributed by atoms with Crippen LogP contribution in [0.25, 0.3) is 0 Å². The highest BCUT2D eigenvalue weighted by Gasteiger charge is 2.47. The second-order valence-electron chi connectivity index (χ2n) is 8.35. The maximum atomic E-state index is 13.2. The van der Waals surface area contributed by atoms with E-state index in [-0.39, 0.29) is 4.90 Å². The number of morpholine rings is 1. The Labute approximate surface area is 205 Å². The average molecular weight is 492 g/mol. The molecule has 1 unspecified atom stereocenters. The number of benzene rings is 3. The number of terminal acetylenes is 1. The van der Waals surface area contributed by atoms with Crippen LogP contribution in [0.15, 0.2) is 65.6 Å². The highest BCUT2D eigenvalue weighted by molar-refractivity contribution is 7.89. The van der Waals surface area contributed by atoms with Crippen molar-refractivity contribution in [2.45, 2.75) is 17.6 Å². The minimum absolute atomic E-state index is 0.145. The number of nitrogens with zero attached hydrogens (tertiary/aromatic N) is 1. The van der Waals surface area contributed by atoms with Crippen LogP contribution in [-0.2, 0) is 20.5 Å². The molecule has 0 bridgehead atoms. The maximum Gasteiger partial charge on any atom is 0.305 e. The minimum Gasteiger partial charge on any atom is -0.497 e. The molecule has 0 aromatic heterocycles. The van der Waals surface area contributed by atoms with Gasteiger partial charge in [0.2, 0.25) is 10.0 Å². The molecule has 1 atom stereocenters. The zero-order valence-corrected chi connectivity index (χ0v) is 20.3. The van der Waals surface area contributed by atoms with Crippen LogP contribution in [0.4, 0.5) is 0 Å². The van der Waals surface area contributed by atoms with E-state index in [1.165, 1.54) is 10.4 Å². The van der Waals surface area contributed by atoms with Gasteiger partial charge in [0, 0.05) is 35.8 Å². The van der Waals surface area contributed by atoms with Crippen LogP contribution >= 0.6 is 0 Å². The standard InChI is InChI=1S/C27H25NO6S/c1-4-20-5-7-21(8-6-20)27(24-11-9-22(31-3)17-19(24)2)33-25-12-10-23(18-26(25)34-27)35(29,30)28-13-15-32-16-14-28/h1,5-12,17-18H,13-16H2,2-3H3. The van der Waals surface area contributed by atoms with E-state index >= 15 is 0 Å². The summed E-state index contributed by atoms with van der Waals surface area (Å²) in [5.74, 6) is 2.79. The average Bonchev–Trinajstić information content (AvgIpc) is 3.29. The summed E-state index contributed by atoms with van der Waals surface area (Å²) >= 11 is 0. The van der Waals surface area contributed by atoms with Gasteiger partial charge in [0.15, 0.2) is 11.5 Å². The van der Waals surface area contributed by atoms with Crippen molar-refractivity contribution in [3.63, 3.8) is 0 Å². The predicted molar refractivity (Wildman–Crippen MR) is 130 cm³/mol. The van der Waals surface area contributed by atoms with Crippen molar-refractivity contribution in [2.75, 3.05) is 33.4 Å². The summed E-state index contributed by atoms with van der Waals surface area (Å²) in [6, 6.07) is 17.7. The molecule has 0 saturated carbocycles. The summed E-state index contributed by atoms with van der Waals surface area (Å²) in [6.45, 7) is 3.31. The van der Waals surface area contributed by atoms with Crippen molar-refractivity contribution < 1.29 is 27.4 Å². The number of sulfonamides is 1. The largest absolute Gasteiger partial charge is 0.497 e. The molecule has 180 valence electrons. The summed E-state index contributed by atoms with van der Waals surface area (Å²) in [5.41, 5.74) is 3.10. The number of fused-ring (bicyclic) bond motifs is 1. The van der Waals surface area contributed by atoms with Crippen LogP contribution in [0.3, 0.4) is 0 Å². The summed E-state index contributed by atoms with van der Waals surface area (Å²) in [5, 5.41) is 0. The fourth-order valence-electron chi connectivity index (χ4n) is 4.38. The first-order valence-electron chi connectivity index (χ1n) is 11.2. The van der Waals surface area contributed by atoms with Crippen LogP contribution in [0.2, 0.25) is 0 Å². The molecule has 0 N–H and O–H groups in total. The Bertz CT molecular complexity index is 1400. The number of ether oxygens (including phenoxy) is 4. The van der Waals surface area contributed by atoms with Gasteiger partial charge in [-0.25, -0.2) is 8.42 Å². The molecule has 0 spiro atoms. The van der Waals surface area contributed by atoms with Crippen LogP contribution < -0.4 is 14.2 Å². The fraction of sp³-hybridized carbons (Fsp3) is 0.259. The van der Waals surface area contributed by atoms with Gasteiger partial charge in [-0.3, -0.25) is 0 Å². The SMILES string of the molecule is C#Cc1ccc(C2(c3ccc(OC)cc3C)Oc3ccc(S(=O)(=O)N4CCOCC4)cc3O2)cc1. The third kappa shape index (κ3) is 4.02. The van der Waals surface area contributed by atoms with Crippen molar-refractivity contribution in [1.29, 1.82) is 0 Å². The van der Waals surface area contributed by atoms with E-state index in [4.69, 9.17) is 25.4 Å². The van der Waals surface area contributed by atoms with Gasteiger partial charge in [-0.05, 0) is 67.1 Å². The van der Waals surface area contributed by atoms with E-state index in [2.05, 4.69) is 5.92 Å². The number of rotatable bonds is 5. The maximum absolute atomic E-state index is 13.2. The van der Waals surface area contributed by atoms with E-state index < -0.39 is 15.8 Å². The van der Waals surface area contributed by atoms with E-state index in [9.17, 15) is 8.42 Å². The van der Waals surface area contributed by atoms with Gasteiger partial charge in [0.25, 0.3) is 0 Å². The molecule has 0 radical (unpaired) electrons. The zero-order valence-electron chi connectivity index (χ0n) is 19.5. The van der Waals surface area contributed by atoms with E-state index in [1.807, 2.05) is 49.4 Å². The first-order chi connectivity index (χ1) is 16.9. The van der Waals surface area contributed by atoms with Gasteiger partial charge in [-0.2, -0.15) is 4.31 Å². The highest BCUT2D eigenvalue weighted by Crippen LogP contribution is 2.49. The second-order valence-corrected chi connectivity index (χ2v) is 10.3. The third-order valence-corrected chi connectivity index (χ3v) is 8.14. The van der Waals surface area contributed by atoms with Gasteiger partial charge in [0.05, 0.1) is 25.2 Å². The van der Waals surface area contributed by atoms with Gasteiger partial charge in [-0.1, -0.05) is 5.92 Å². The van der Waals surface area contributed by atoms with Gasteiger partial charge in [-0.15, -0.1) is 6.42 Å². The molecule has 35 heavy (non-hydrogen) atoms. The fourth-order valence-corrected chi connectivity index (χ4v) is 5.80. The predicted octanol–water partition coefficient (Wildman–Crippen LogP) is 3.68. The molecule has 8 heteroatoms. The quantitative estimate of drug-likeness (QED) is 0.507. The van der Waals surface area contributed by atoms with E-state index in [0.717, 1.165) is 22.3 Å². The van der Waals surface area contributed by atoms with Crippen molar-refractivity contribution >= 4 is 10.0 Å². The number of hydrogen-bond donors (Lipinski definition) is 0. The van der Waals surface area contributed by atoms with Crippen LogP contribution in [0.5, 0.6) is 17.2 Å². The van der Waals surface area contributed by atoms with Crippen molar-refractivity contribution in [2.24, 2.45) is 0 Å². The number of hydrogen-bond acceptors (Lipinski definition) is 6.